The van der Waals surface area contributed by atoms with Crippen molar-refractivity contribution in [3.8, 4) is 11.5 Å². The van der Waals surface area contributed by atoms with Gasteiger partial charge >= 0.3 is 10.1 Å². The molecule has 0 N–H and O–H groups in total. The first-order valence-corrected chi connectivity index (χ1v) is 11.2. The summed E-state index contributed by atoms with van der Waals surface area (Å²) in [6, 6.07) is 12.8. The number of rotatable bonds is 7. The van der Waals surface area contributed by atoms with Crippen LogP contribution in [-0.2, 0) is 10.1 Å². The molecular weight excluding hydrogens is 430 g/mol. The lowest BCUT2D eigenvalue weighted by molar-refractivity contribution is 0.264. The van der Waals surface area contributed by atoms with Gasteiger partial charge in [0, 0.05) is 17.2 Å². The highest BCUT2D eigenvalue weighted by Crippen LogP contribution is 2.32. The predicted molar refractivity (Wildman–Crippen MR) is 124 cm³/mol. The minimum absolute atomic E-state index is 0.0436. The zero-order chi connectivity index (χ0) is 23.5. The van der Waals surface area contributed by atoms with Crippen LogP contribution in [0.25, 0.3) is 12.2 Å². The average molecular weight is 456 g/mol. The topological polar surface area (TPSA) is 83.8 Å². The highest BCUT2D eigenvalue weighted by atomic mass is 32.2. The SMILES string of the molecule is COc1ccc(C=Cc2cc(C)cc(=O)n2OS(=O)(=O)c2ccc(C)cc2)c(OC)c1C. The Labute approximate surface area is 187 Å². The summed E-state index contributed by atoms with van der Waals surface area (Å²) in [6.07, 6.45) is 3.32. The number of pyridine rings is 1. The van der Waals surface area contributed by atoms with Crippen molar-refractivity contribution in [1.29, 1.82) is 0 Å². The zero-order valence-corrected chi connectivity index (χ0v) is 19.4. The first kappa shape index (κ1) is 23.1. The van der Waals surface area contributed by atoms with Gasteiger partial charge < -0.3 is 9.47 Å². The Balaban J connectivity index is 2.05. The lowest BCUT2D eigenvalue weighted by atomic mass is 10.1. The molecule has 0 radical (unpaired) electrons. The van der Waals surface area contributed by atoms with Gasteiger partial charge in [-0.15, -0.1) is 4.73 Å². The number of ether oxygens (including phenoxy) is 2. The second-order valence-corrected chi connectivity index (χ2v) is 8.81. The monoisotopic (exact) mass is 455 g/mol. The Morgan fingerprint density at radius 3 is 2.16 bits per heavy atom. The maximum Gasteiger partial charge on any atom is 0.357 e. The van der Waals surface area contributed by atoms with Gasteiger partial charge in [0.25, 0.3) is 5.56 Å². The van der Waals surface area contributed by atoms with E-state index in [0.29, 0.717) is 17.1 Å². The van der Waals surface area contributed by atoms with Gasteiger partial charge in [0.15, 0.2) is 0 Å². The van der Waals surface area contributed by atoms with Gasteiger partial charge in [-0.2, -0.15) is 8.42 Å². The number of benzene rings is 2. The Kier molecular flexibility index (Phi) is 6.74. The molecule has 0 saturated heterocycles. The number of aromatic nitrogens is 1. The fourth-order valence-corrected chi connectivity index (χ4v) is 4.16. The zero-order valence-electron chi connectivity index (χ0n) is 18.6. The van der Waals surface area contributed by atoms with E-state index in [2.05, 4.69) is 0 Å². The van der Waals surface area contributed by atoms with Gasteiger partial charge in [0.1, 0.15) is 16.4 Å². The third-order valence-corrected chi connectivity index (χ3v) is 6.08. The molecule has 0 aliphatic rings. The molecular formula is C24H25NO6S. The fourth-order valence-electron chi connectivity index (χ4n) is 3.25. The van der Waals surface area contributed by atoms with Crippen LogP contribution in [0.3, 0.4) is 0 Å². The van der Waals surface area contributed by atoms with Crippen LogP contribution in [0.5, 0.6) is 11.5 Å². The van der Waals surface area contributed by atoms with Crippen LogP contribution >= 0.6 is 0 Å². The quantitative estimate of drug-likeness (QED) is 0.539. The van der Waals surface area contributed by atoms with Crippen LogP contribution in [0.15, 0.2) is 58.2 Å². The molecule has 0 aliphatic carbocycles. The van der Waals surface area contributed by atoms with E-state index in [0.717, 1.165) is 21.4 Å². The summed E-state index contributed by atoms with van der Waals surface area (Å²) >= 11 is 0. The molecule has 8 heteroatoms. The molecule has 2 aromatic carbocycles. The number of nitrogens with zero attached hydrogens (tertiary/aromatic N) is 1. The van der Waals surface area contributed by atoms with Gasteiger partial charge in [0.05, 0.1) is 19.9 Å². The first-order valence-electron chi connectivity index (χ1n) is 9.81. The van der Waals surface area contributed by atoms with E-state index < -0.39 is 15.7 Å². The minimum atomic E-state index is -4.21. The average Bonchev–Trinajstić information content (AvgIpc) is 2.74. The largest absolute Gasteiger partial charge is 0.496 e. The standard InChI is InChI=1S/C24H25NO6S/c1-16-6-11-21(12-7-16)32(27,28)31-25-20(14-17(2)15-23(25)26)10-8-19-9-13-22(29-4)18(3)24(19)30-5/h6-15H,1-5H3. The molecule has 0 saturated carbocycles. The number of hydrogen-bond acceptors (Lipinski definition) is 6. The summed E-state index contributed by atoms with van der Waals surface area (Å²) in [5.74, 6) is 1.29. The van der Waals surface area contributed by atoms with Crippen LogP contribution in [-0.4, -0.2) is 27.4 Å². The molecule has 1 aromatic heterocycles. The molecule has 3 rings (SSSR count). The summed E-state index contributed by atoms with van der Waals surface area (Å²) in [6.45, 7) is 5.46. The Bertz CT molecular complexity index is 1320. The molecule has 0 unspecified atom stereocenters. The Morgan fingerprint density at radius 1 is 0.844 bits per heavy atom. The summed E-state index contributed by atoms with van der Waals surface area (Å²) < 4.78 is 42.3. The third-order valence-electron chi connectivity index (χ3n) is 4.89. The van der Waals surface area contributed by atoms with E-state index in [1.807, 2.05) is 19.9 Å². The maximum absolute atomic E-state index is 12.8. The van der Waals surface area contributed by atoms with E-state index in [9.17, 15) is 13.2 Å². The highest BCUT2D eigenvalue weighted by Gasteiger charge is 2.19. The lowest BCUT2D eigenvalue weighted by Crippen LogP contribution is -2.32. The van der Waals surface area contributed by atoms with Gasteiger partial charge in [-0.3, -0.25) is 9.08 Å². The lowest BCUT2D eigenvalue weighted by Gasteiger charge is -2.13. The second kappa shape index (κ2) is 9.32. The molecule has 0 aliphatic heterocycles. The number of methoxy groups -OCH3 is 2. The second-order valence-electron chi connectivity index (χ2n) is 7.28. The van der Waals surface area contributed by atoms with E-state index in [1.165, 1.54) is 18.2 Å². The van der Waals surface area contributed by atoms with Gasteiger partial charge in [-0.05, 0) is 68.8 Å². The summed E-state index contributed by atoms with van der Waals surface area (Å²) in [4.78, 5) is 12.6. The summed E-state index contributed by atoms with van der Waals surface area (Å²) in [5.41, 5.74) is 2.79. The van der Waals surface area contributed by atoms with Gasteiger partial charge in [-0.1, -0.05) is 17.7 Å². The first-order chi connectivity index (χ1) is 15.2. The van der Waals surface area contributed by atoms with Crippen molar-refractivity contribution >= 4 is 22.3 Å². The third kappa shape index (κ3) is 4.86. The van der Waals surface area contributed by atoms with Crippen LogP contribution < -0.4 is 19.3 Å². The molecule has 3 aromatic rings. The predicted octanol–water partition coefficient (Wildman–Crippen LogP) is 3.78. The van der Waals surface area contributed by atoms with Crippen molar-refractivity contribution in [3.05, 3.63) is 86.8 Å². The van der Waals surface area contributed by atoms with Crippen LogP contribution in [0.2, 0.25) is 0 Å². The van der Waals surface area contributed by atoms with Crippen molar-refractivity contribution in [2.45, 2.75) is 25.7 Å². The van der Waals surface area contributed by atoms with Gasteiger partial charge in [0.2, 0.25) is 0 Å². The van der Waals surface area contributed by atoms with Crippen LogP contribution in [0.1, 0.15) is 27.9 Å². The minimum Gasteiger partial charge on any atom is -0.496 e. The normalized spacial score (nSPS) is 11.5. The number of hydrogen-bond donors (Lipinski definition) is 0. The highest BCUT2D eigenvalue weighted by molar-refractivity contribution is 7.87. The molecule has 0 spiro atoms. The molecule has 0 fully saturated rings. The van der Waals surface area contributed by atoms with Crippen molar-refractivity contribution in [2.24, 2.45) is 0 Å². The van der Waals surface area contributed by atoms with Crippen LogP contribution in [0, 0.1) is 20.8 Å². The molecule has 1 heterocycles. The smallest absolute Gasteiger partial charge is 0.357 e. The molecule has 168 valence electrons. The molecule has 0 bridgehead atoms. The maximum atomic E-state index is 12.8. The van der Waals surface area contributed by atoms with Crippen molar-refractivity contribution in [2.75, 3.05) is 14.2 Å². The van der Waals surface area contributed by atoms with E-state index in [4.69, 9.17) is 13.8 Å². The van der Waals surface area contributed by atoms with Crippen molar-refractivity contribution in [3.63, 3.8) is 0 Å². The molecule has 0 atom stereocenters. The Hall–Kier alpha value is -3.52. The summed E-state index contributed by atoms with van der Waals surface area (Å²) in [7, 11) is -1.08. The summed E-state index contributed by atoms with van der Waals surface area (Å²) in [5, 5.41) is 0. The van der Waals surface area contributed by atoms with E-state index in [1.54, 1.807) is 57.6 Å². The number of aryl methyl sites for hydroxylation is 2. The molecule has 7 nitrogen and oxygen atoms in total. The fraction of sp³-hybridized carbons (Fsp3) is 0.208. The van der Waals surface area contributed by atoms with Crippen molar-refractivity contribution < 1.29 is 22.2 Å². The van der Waals surface area contributed by atoms with Gasteiger partial charge in [-0.25, -0.2) is 0 Å². The van der Waals surface area contributed by atoms with E-state index >= 15 is 0 Å². The van der Waals surface area contributed by atoms with Crippen LogP contribution in [0.4, 0.5) is 0 Å². The molecule has 0 amide bonds. The Morgan fingerprint density at radius 2 is 1.53 bits per heavy atom. The van der Waals surface area contributed by atoms with Crippen molar-refractivity contribution in [1.82, 2.24) is 4.73 Å². The van der Waals surface area contributed by atoms with E-state index in [-0.39, 0.29) is 10.6 Å². The molecule has 32 heavy (non-hydrogen) atoms.